The van der Waals surface area contributed by atoms with Crippen LogP contribution in [0.5, 0.6) is 0 Å². The molecule has 0 radical (unpaired) electrons. The predicted molar refractivity (Wildman–Crippen MR) is 155 cm³/mol. The molecule has 1 saturated carbocycles. The van der Waals surface area contributed by atoms with Crippen LogP contribution in [-0.2, 0) is 16.0 Å². The molecule has 0 bridgehead atoms. The van der Waals surface area contributed by atoms with Crippen molar-refractivity contribution < 1.29 is 9.53 Å². The molecule has 1 unspecified atom stereocenters. The normalized spacial score (nSPS) is 16.0. The smallest absolute Gasteiger partial charge is 0.310 e. The highest BCUT2D eigenvalue weighted by Gasteiger charge is 2.37. The van der Waals surface area contributed by atoms with Crippen LogP contribution < -0.4 is 5.32 Å². The summed E-state index contributed by atoms with van der Waals surface area (Å²) >= 11 is 13.8. The first-order valence-electron chi connectivity index (χ1n) is 12.6. The fraction of sp³-hybridized carbons (Fsp3) is 0.519. The van der Waals surface area contributed by atoms with E-state index in [4.69, 9.17) is 27.9 Å². The molecule has 37 heavy (non-hydrogen) atoms. The number of hydrogen-bond acceptors (Lipinski definition) is 8. The largest absolute Gasteiger partial charge is 0.464 e. The number of carbonyl (C=O) groups excluding carboxylic acids is 1. The van der Waals surface area contributed by atoms with Crippen LogP contribution in [-0.4, -0.2) is 60.5 Å². The van der Waals surface area contributed by atoms with Gasteiger partial charge in [-0.25, -0.2) is 0 Å². The number of nitrogens with one attached hydrogen (secondary N) is 1. The minimum Gasteiger partial charge on any atom is -0.464 e. The Morgan fingerprint density at radius 1 is 1.11 bits per heavy atom. The van der Waals surface area contributed by atoms with Crippen LogP contribution in [0.4, 0.5) is 11.4 Å². The van der Waals surface area contributed by atoms with Gasteiger partial charge in [-0.2, -0.15) is 0 Å². The van der Waals surface area contributed by atoms with Crippen molar-refractivity contribution in [2.24, 2.45) is 4.58 Å². The van der Waals surface area contributed by atoms with Crippen LogP contribution in [0.2, 0.25) is 10.0 Å². The second kappa shape index (κ2) is 14.4. The lowest BCUT2D eigenvalue weighted by molar-refractivity contribution is -0.143. The van der Waals surface area contributed by atoms with Gasteiger partial charge in [0.05, 0.1) is 33.1 Å². The quantitative estimate of drug-likeness (QED) is 0.119. The van der Waals surface area contributed by atoms with Gasteiger partial charge >= 0.3 is 5.97 Å². The zero-order chi connectivity index (χ0) is 26.8. The predicted octanol–water partition coefficient (Wildman–Crippen LogP) is 7.15. The van der Waals surface area contributed by atoms with Crippen LogP contribution in [0, 0.1) is 4.91 Å². The van der Waals surface area contributed by atoms with E-state index in [0.29, 0.717) is 22.3 Å². The standard InChI is InChI=1S/C27H36Cl2N4O3S/c1-20(32(2)3)33(19-27(37-31-35)14-7-4-8-15-27)16-17-36-25(34)18-21-10-5-6-13-24(21)30-26-22(28)11-9-12-23(26)29/h5-6,9-13,20,30H,4,7-8,14-19H2,1-3H3. The van der Waals surface area contributed by atoms with E-state index in [1.54, 1.807) is 18.2 Å². The fourth-order valence-electron chi connectivity index (χ4n) is 4.68. The minimum atomic E-state index is -0.312. The third kappa shape index (κ3) is 8.58. The van der Waals surface area contributed by atoms with Crippen LogP contribution >= 0.6 is 35.1 Å². The highest BCUT2D eigenvalue weighted by atomic mass is 35.5. The zero-order valence-electron chi connectivity index (χ0n) is 21.7. The molecule has 0 aromatic heterocycles. The fourth-order valence-corrected chi connectivity index (χ4v) is 6.02. The topological polar surface area (TPSA) is 74.2 Å². The molecule has 0 aliphatic heterocycles. The summed E-state index contributed by atoms with van der Waals surface area (Å²) in [5.74, 6) is -0.312. The SMILES string of the molecule is CC(N(C)C)N(CCOC(=O)Cc1ccccc1Nc1c(Cl)cccc1Cl)CC1(SN=O)CCCCC1. The van der Waals surface area contributed by atoms with Crippen LogP contribution in [0.15, 0.2) is 47.0 Å². The lowest BCUT2D eigenvalue weighted by Crippen LogP contribution is -2.51. The molecule has 1 aliphatic carbocycles. The minimum absolute atomic E-state index is 0.114. The van der Waals surface area contributed by atoms with Gasteiger partial charge in [0.1, 0.15) is 6.61 Å². The zero-order valence-corrected chi connectivity index (χ0v) is 24.0. The molecule has 2 aromatic carbocycles. The van der Waals surface area contributed by atoms with Gasteiger partial charge in [-0.1, -0.05) is 66.7 Å². The summed E-state index contributed by atoms with van der Waals surface area (Å²) in [6, 6.07) is 12.8. The number of nitroso groups, excluding NO2 is 1. The average Bonchev–Trinajstić information content (AvgIpc) is 2.87. The summed E-state index contributed by atoms with van der Waals surface area (Å²) in [7, 11) is 4.05. The highest BCUT2D eigenvalue weighted by molar-refractivity contribution is 7.99. The van der Waals surface area contributed by atoms with E-state index in [2.05, 4.69) is 26.6 Å². The molecule has 1 aliphatic rings. The first-order chi connectivity index (χ1) is 17.7. The van der Waals surface area contributed by atoms with Gasteiger partial charge in [-0.05, 0) is 57.6 Å². The van der Waals surface area contributed by atoms with Crippen molar-refractivity contribution in [1.29, 1.82) is 0 Å². The summed E-state index contributed by atoms with van der Waals surface area (Å²) in [4.78, 5) is 28.4. The molecule has 7 nitrogen and oxygen atoms in total. The third-order valence-corrected chi connectivity index (χ3v) is 8.61. The van der Waals surface area contributed by atoms with E-state index in [1.807, 2.05) is 38.4 Å². The van der Waals surface area contributed by atoms with Crippen molar-refractivity contribution in [1.82, 2.24) is 9.80 Å². The van der Waals surface area contributed by atoms with E-state index in [0.717, 1.165) is 43.5 Å². The first kappa shape index (κ1) is 29.7. The number of hydrogen-bond donors (Lipinski definition) is 1. The molecule has 0 spiro atoms. The Kier molecular flexibility index (Phi) is 11.5. The van der Waals surface area contributed by atoms with Gasteiger partial charge in [0.2, 0.25) is 0 Å². The monoisotopic (exact) mass is 566 g/mol. The van der Waals surface area contributed by atoms with Crippen molar-refractivity contribution in [3.8, 4) is 0 Å². The highest BCUT2D eigenvalue weighted by Crippen LogP contribution is 2.41. The summed E-state index contributed by atoms with van der Waals surface area (Å²) in [5, 5.41) is 4.25. The lowest BCUT2D eigenvalue weighted by Gasteiger charge is -2.42. The lowest BCUT2D eigenvalue weighted by atomic mass is 9.87. The maximum atomic E-state index is 12.8. The van der Waals surface area contributed by atoms with E-state index in [1.165, 1.54) is 18.4 Å². The molecule has 3 rings (SSSR count). The van der Waals surface area contributed by atoms with Crippen LogP contribution in [0.25, 0.3) is 0 Å². The molecular weight excluding hydrogens is 531 g/mol. The molecule has 0 heterocycles. The number of nitrogens with zero attached hydrogens (tertiary/aromatic N) is 3. The van der Waals surface area contributed by atoms with E-state index < -0.39 is 0 Å². The summed E-state index contributed by atoms with van der Waals surface area (Å²) in [6.07, 6.45) is 5.58. The van der Waals surface area contributed by atoms with Crippen molar-refractivity contribution >= 4 is 52.5 Å². The van der Waals surface area contributed by atoms with Crippen molar-refractivity contribution in [2.45, 2.75) is 56.4 Å². The Morgan fingerprint density at radius 2 is 1.78 bits per heavy atom. The Morgan fingerprint density at radius 3 is 2.43 bits per heavy atom. The maximum Gasteiger partial charge on any atom is 0.310 e. The van der Waals surface area contributed by atoms with Gasteiger partial charge in [0.25, 0.3) is 0 Å². The molecule has 0 amide bonds. The van der Waals surface area contributed by atoms with Gasteiger partial charge in [0.15, 0.2) is 0 Å². The average molecular weight is 568 g/mol. The summed E-state index contributed by atoms with van der Waals surface area (Å²) < 4.78 is 8.70. The van der Waals surface area contributed by atoms with Gasteiger partial charge in [-0.15, -0.1) is 4.91 Å². The van der Waals surface area contributed by atoms with E-state index in [9.17, 15) is 9.70 Å². The number of esters is 1. The number of halogens is 2. The first-order valence-corrected chi connectivity index (χ1v) is 14.1. The number of ether oxygens (including phenoxy) is 1. The Labute approximate surface area is 234 Å². The van der Waals surface area contributed by atoms with E-state index in [-0.39, 0.29) is 29.9 Å². The molecule has 0 saturated heterocycles. The van der Waals surface area contributed by atoms with Crippen LogP contribution in [0.3, 0.4) is 0 Å². The Hall–Kier alpha value is -1.84. The van der Waals surface area contributed by atoms with Crippen molar-refractivity contribution in [3.63, 3.8) is 0 Å². The second-order valence-electron chi connectivity index (χ2n) is 9.75. The molecule has 1 atom stereocenters. The number of benzene rings is 2. The number of para-hydroxylation sites is 2. The van der Waals surface area contributed by atoms with Gasteiger partial charge in [0, 0.05) is 35.3 Å². The van der Waals surface area contributed by atoms with Crippen molar-refractivity contribution in [3.05, 3.63) is 63.0 Å². The van der Waals surface area contributed by atoms with E-state index >= 15 is 0 Å². The second-order valence-corrected chi connectivity index (χ2v) is 11.8. The Balaban J connectivity index is 1.62. The van der Waals surface area contributed by atoms with Gasteiger partial charge < -0.3 is 10.1 Å². The number of anilines is 2. The summed E-state index contributed by atoms with van der Waals surface area (Å²) in [5.41, 5.74) is 2.13. The molecule has 1 N–H and O–H groups in total. The van der Waals surface area contributed by atoms with Crippen LogP contribution in [0.1, 0.15) is 44.6 Å². The summed E-state index contributed by atoms with van der Waals surface area (Å²) in [6.45, 7) is 3.68. The van der Waals surface area contributed by atoms with Gasteiger partial charge in [-0.3, -0.25) is 14.6 Å². The maximum absolute atomic E-state index is 12.8. The number of rotatable bonds is 13. The Bertz CT molecular complexity index is 1030. The molecular formula is C27H36Cl2N4O3S. The molecule has 202 valence electrons. The molecule has 2 aromatic rings. The molecule has 10 heteroatoms. The molecule has 1 fully saturated rings. The number of carbonyl (C=O) groups is 1. The third-order valence-electron chi connectivity index (χ3n) is 6.98. The van der Waals surface area contributed by atoms with Crippen molar-refractivity contribution in [2.75, 3.05) is 39.1 Å².